The van der Waals surface area contributed by atoms with Gasteiger partial charge in [-0.15, -0.1) is 0 Å². The minimum absolute atomic E-state index is 0.298. The van der Waals surface area contributed by atoms with E-state index in [1.165, 1.54) is 15.3 Å². The van der Waals surface area contributed by atoms with Crippen LogP contribution in [0.25, 0.3) is 22.6 Å². The third kappa shape index (κ3) is 3.13. The molecule has 0 aliphatic carbocycles. The van der Waals surface area contributed by atoms with Crippen LogP contribution in [0.15, 0.2) is 60.7 Å². The molecule has 20 heavy (non-hydrogen) atoms. The molecule has 0 bridgehead atoms. The highest BCUT2D eigenvalue weighted by Gasteiger charge is 2.13. The molecule has 0 fully saturated rings. The molecule has 0 amide bonds. The number of hydrogen-bond donors (Lipinski definition) is 1. The zero-order valence-electron chi connectivity index (χ0n) is 10.7. The van der Waals surface area contributed by atoms with Gasteiger partial charge in [0.1, 0.15) is 5.75 Å². The lowest BCUT2D eigenvalue weighted by Crippen LogP contribution is -1.70. The fourth-order valence-corrected chi connectivity index (χ4v) is 4.10. The summed E-state index contributed by atoms with van der Waals surface area (Å²) in [6, 6.07) is 19.8. The van der Waals surface area contributed by atoms with Crippen molar-refractivity contribution in [3.63, 3.8) is 0 Å². The topological polar surface area (TPSA) is 20.2 Å². The minimum Gasteiger partial charge on any atom is -0.508 e. The lowest BCUT2D eigenvalue weighted by Gasteiger charge is -1.92. The molecular weight excluding hydrogens is 284 g/mol. The second-order valence-electron chi connectivity index (χ2n) is 4.37. The van der Waals surface area contributed by atoms with Crippen molar-refractivity contribution >= 4 is 32.8 Å². The Bertz CT molecular complexity index is 712. The van der Waals surface area contributed by atoms with Crippen LogP contribution in [-0.4, -0.2) is 5.11 Å². The normalized spacial score (nSPS) is 11.0. The average Bonchev–Trinajstić information content (AvgIpc) is 2.97. The van der Waals surface area contributed by atoms with Gasteiger partial charge in [0.2, 0.25) is 0 Å². The number of phenolic OH excluding ortho intramolecular Hbond substituents is 1. The molecule has 0 aliphatic heterocycles. The van der Waals surface area contributed by atoms with Gasteiger partial charge < -0.3 is 5.11 Å². The molecule has 3 rings (SSSR count). The first-order valence-electron chi connectivity index (χ1n) is 6.27. The Morgan fingerprint density at radius 2 is 1.65 bits per heavy atom. The van der Waals surface area contributed by atoms with Crippen LogP contribution in [0.4, 0.5) is 0 Å². The first kappa shape index (κ1) is 13.0. The monoisotopic (exact) mass is 297 g/mol. The van der Waals surface area contributed by atoms with E-state index in [1.807, 2.05) is 18.2 Å². The Balaban J connectivity index is 1.79. The molecule has 0 aliphatic rings. The number of aromatic hydroxyl groups is 1. The maximum Gasteiger partial charge on any atom is 0.301 e. The first-order chi connectivity index (χ1) is 9.81. The second kappa shape index (κ2) is 5.99. The number of hydrogen-bond acceptors (Lipinski definition) is 2. The molecule has 1 heterocycles. The number of benzene rings is 2. The van der Waals surface area contributed by atoms with E-state index in [-0.39, 0.29) is 0 Å². The third-order valence-corrected chi connectivity index (χ3v) is 5.32. The van der Waals surface area contributed by atoms with Crippen molar-refractivity contribution in [2.75, 3.05) is 0 Å². The molecule has 0 spiro atoms. The Kier molecular flexibility index (Phi) is 3.90. The SMILES string of the molecule is Oc1ccc(/C=C/c2cc(-c3ccccc3)[s+]s2)cc1. The summed E-state index contributed by atoms with van der Waals surface area (Å²) in [5, 5.41) is 9.25. The first-order valence-corrected chi connectivity index (χ1v) is 8.42. The van der Waals surface area contributed by atoms with Gasteiger partial charge in [-0.3, -0.25) is 0 Å². The molecular formula is C17H13OS2+. The minimum atomic E-state index is 0.298. The van der Waals surface area contributed by atoms with E-state index in [2.05, 4.69) is 42.5 Å². The molecule has 0 atom stereocenters. The van der Waals surface area contributed by atoms with Crippen LogP contribution in [0.2, 0.25) is 0 Å². The summed E-state index contributed by atoms with van der Waals surface area (Å²) in [5.41, 5.74) is 2.35. The molecule has 2 aromatic carbocycles. The summed E-state index contributed by atoms with van der Waals surface area (Å²) in [7, 11) is 3.56. The molecule has 0 unspecified atom stereocenters. The zero-order valence-corrected chi connectivity index (χ0v) is 12.3. The van der Waals surface area contributed by atoms with E-state index in [0.717, 1.165) is 5.56 Å². The maximum absolute atomic E-state index is 9.25. The van der Waals surface area contributed by atoms with Gasteiger partial charge in [0.15, 0.2) is 10.3 Å². The smallest absolute Gasteiger partial charge is 0.301 e. The number of rotatable bonds is 3. The third-order valence-electron chi connectivity index (χ3n) is 2.89. The predicted octanol–water partition coefficient (Wildman–Crippen LogP) is 5.63. The molecule has 3 heteroatoms. The Labute approximate surface area is 125 Å². The van der Waals surface area contributed by atoms with Crippen molar-refractivity contribution in [2.45, 2.75) is 0 Å². The van der Waals surface area contributed by atoms with Crippen molar-refractivity contribution in [1.29, 1.82) is 0 Å². The van der Waals surface area contributed by atoms with E-state index in [1.54, 1.807) is 32.8 Å². The van der Waals surface area contributed by atoms with Crippen LogP contribution in [-0.2, 0) is 0 Å². The summed E-state index contributed by atoms with van der Waals surface area (Å²) in [4.78, 5) is 2.53. The highest BCUT2D eigenvalue weighted by Crippen LogP contribution is 2.32. The largest absolute Gasteiger partial charge is 0.508 e. The van der Waals surface area contributed by atoms with Gasteiger partial charge in [0.05, 0.1) is 4.88 Å². The summed E-state index contributed by atoms with van der Waals surface area (Å²) in [6.07, 6.45) is 4.17. The van der Waals surface area contributed by atoms with Crippen molar-refractivity contribution in [3.05, 3.63) is 71.1 Å². The standard InChI is InChI=1S/C17H12OS2/c18-15-9-6-13(7-10-15)8-11-16-12-17(20-19-16)14-4-2-1-3-5-14/h1-12H/p+1/b11-8+. The van der Waals surface area contributed by atoms with Crippen molar-refractivity contribution < 1.29 is 5.11 Å². The second-order valence-corrected chi connectivity index (χ2v) is 6.61. The Hall–Kier alpha value is -1.97. The van der Waals surface area contributed by atoms with Crippen LogP contribution in [0.1, 0.15) is 10.4 Å². The Morgan fingerprint density at radius 1 is 0.900 bits per heavy atom. The summed E-state index contributed by atoms with van der Waals surface area (Å²) >= 11 is 0. The molecule has 1 N–H and O–H groups in total. The molecule has 0 saturated heterocycles. The van der Waals surface area contributed by atoms with E-state index in [0.29, 0.717) is 5.75 Å². The van der Waals surface area contributed by atoms with E-state index in [4.69, 9.17) is 0 Å². The summed E-state index contributed by atoms with van der Waals surface area (Å²) in [5.74, 6) is 0.298. The van der Waals surface area contributed by atoms with Gasteiger partial charge in [0.25, 0.3) is 4.88 Å². The van der Waals surface area contributed by atoms with Gasteiger partial charge >= 0.3 is 10.3 Å². The van der Waals surface area contributed by atoms with Crippen molar-refractivity contribution in [3.8, 4) is 16.2 Å². The van der Waals surface area contributed by atoms with E-state index < -0.39 is 0 Å². The van der Waals surface area contributed by atoms with Gasteiger partial charge in [-0.05, 0) is 35.9 Å². The molecule has 1 aromatic heterocycles. The highest BCUT2D eigenvalue weighted by molar-refractivity contribution is 7.71. The van der Waals surface area contributed by atoms with Crippen LogP contribution in [0, 0.1) is 0 Å². The van der Waals surface area contributed by atoms with Crippen LogP contribution < -0.4 is 0 Å². The van der Waals surface area contributed by atoms with Crippen molar-refractivity contribution in [2.24, 2.45) is 0 Å². The van der Waals surface area contributed by atoms with Gasteiger partial charge in [-0.2, -0.15) is 0 Å². The van der Waals surface area contributed by atoms with Crippen molar-refractivity contribution in [1.82, 2.24) is 0 Å². The Morgan fingerprint density at radius 3 is 2.40 bits per heavy atom. The molecule has 98 valence electrons. The van der Waals surface area contributed by atoms with Crippen LogP contribution >= 0.6 is 20.7 Å². The van der Waals surface area contributed by atoms with Gasteiger partial charge in [0, 0.05) is 11.6 Å². The predicted molar refractivity (Wildman–Crippen MR) is 89.1 cm³/mol. The van der Waals surface area contributed by atoms with Crippen LogP contribution in [0.5, 0.6) is 5.75 Å². The van der Waals surface area contributed by atoms with E-state index in [9.17, 15) is 5.11 Å². The lowest BCUT2D eigenvalue weighted by molar-refractivity contribution is 0.475. The van der Waals surface area contributed by atoms with E-state index >= 15 is 0 Å². The number of phenols is 1. The maximum atomic E-state index is 9.25. The molecule has 0 radical (unpaired) electrons. The highest BCUT2D eigenvalue weighted by atomic mass is 32.9. The zero-order chi connectivity index (χ0) is 13.8. The molecule has 3 aromatic rings. The summed E-state index contributed by atoms with van der Waals surface area (Å²) < 4.78 is 0. The van der Waals surface area contributed by atoms with Crippen LogP contribution in [0.3, 0.4) is 0 Å². The fraction of sp³-hybridized carbons (Fsp3) is 0. The van der Waals surface area contributed by atoms with Gasteiger partial charge in [-0.25, -0.2) is 0 Å². The lowest BCUT2D eigenvalue weighted by atomic mass is 10.1. The quantitative estimate of drug-likeness (QED) is 0.490. The molecule has 0 saturated carbocycles. The fourth-order valence-electron chi connectivity index (χ4n) is 1.84. The molecule has 1 nitrogen and oxygen atoms in total. The van der Waals surface area contributed by atoms with Gasteiger partial charge in [-0.1, -0.05) is 36.4 Å². The average molecular weight is 297 g/mol. The summed E-state index contributed by atoms with van der Waals surface area (Å²) in [6.45, 7) is 0.